The van der Waals surface area contributed by atoms with E-state index in [1.807, 2.05) is 38.1 Å². The lowest BCUT2D eigenvalue weighted by Crippen LogP contribution is -2.51. The Hall–Kier alpha value is -2.68. The first-order chi connectivity index (χ1) is 14.0. The fraction of sp³-hybridized carbons (Fsp3) is 0.500. The average Bonchev–Trinajstić information content (AvgIpc) is 3.20. The molecule has 9 heteroatoms. The molecule has 3 amide bonds. The molecule has 0 radical (unpaired) electrons. The molecule has 0 saturated heterocycles. The molecule has 1 aromatic heterocycles. The molecule has 0 spiro atoms. The van der Waals surface area contributed by atoms with E-state index in [1.54, 1.807) is 7.11 Å². The van der Waals surface area contributed by atoms with Gasteiger partial charge in [-0.25, -0.2) is 4.79 Å². The Bertz CT molecular complexity index is 811. The summed E-state index contributed by atoms with van der Waals surface area (Å²) in [7, 11) is 1.60. The highest BCUT2D eigenvalue weighted by Gasteiger charge is 2.26. The highest BCUT2D eigenvalue weighted by molar-refractivity contribution is 7.18. The van der Waals surface area contributed by atoms with Crippen molar-refractivity contribution in [3.8, 4) is 16.3 Å². The third kappa shape index (κ3) is 6.70. The Morgan fingerprint density at radius 1 is 1.24 bits per heavy atom. The third-order valence-corrected chi connectivity index (χ3v) is 5.46. The standard InChI is InChI=1S/C20H29N5O3S/c1-5-7-11-21-19(27)22-16(13(3)6-2)17(26)23-20-25-24-18(29-20)14-9-8-10-15(12-14)28-4/h8-10,12-13,16H,5-7,11H2,1-4H3,(H2,21,22,27)(H,23,25,26). The van der Waals surface area contributed by atoms with E-state index in [-0.39, 0.29) is 17.9 Å². The van der Waals surface area contributed by atoms with E-state index in [9.17, 15) is 9.59 Å². The van der Waals surface area contributed by atoms with Crippen LogP contribution in [0.2, 0.25) is 0 Å². The highest BCUT2D eigenvalue weighted by atomic mass is 32.1. The lowest BCUT2D eigenvalue weighted by molar-refractivity contribution is -0.119. The number of carbonyl (C=O) groups excluding carboxylic acids is 2. The molecule has 3 N–H and O–H groups in total. The molecule has 0 saturated carbocycles. The van der Waals surface area contributed by atoms with E-state index < -0.39 is 6.04 Å². The minimum Gasteiger partial charge on any atom is -0.497 e. The van der Waals surface area contributed by atoms with Crippen LogP contribution in [-0.2, 0) is 4.79 Å². The predicted octanol–water partition coefficient (Wildman–Crippen LogP) is 3.67. The van der Waals surface area contributed by atoms with Crippen LogP contribution in [-0.4, -0.2) is 41.8 Å². The van der Waals surface area contributed by atoms with Crippen LogP contribution >= 0.6 is 11.3 Å². The fourth-order valence-corrected chi connectivity index (χ4v) is 3.35. The maximum absolute atomic E-state index is 12.8. The van der Waals surface area contributed by atoms with Crippen molar-refractivity contribution in [3.63, 3.8) is 0 Å². The van der Waals surface area contributed by atoms with Crippen molar-refractivity contribution in [2.24, 2.45) is 5.92 Å². The van der Waals surface area contributed by atoms with Gasteiger partial charge in [-0.1, -0.05) is 57.1 Å². The Morgan fingerprint density at radius 3 is 2.72 bits per heavy atom. The molecule has 1 aromatic carbocycles. The molecule has 0 aliphatic heterocycles. The zero-order valence-electron chi connectivity index (χ0n) is 17.3. The van der Waals surface area contributed by atoms with Gasteiger partial charge in [0.2, 0.25) is 11.0 Å². The fourth-order valence-electron chi connectivity index (χ4n) is 2.60. The number of rotatable bonds is 10. The predicted molar refractivity (Wildman–Crippen MR) is 115 cm³/mol. The van der Waals surface area contributed by atoms with Crippen molar-refractivity contribution in [2.45, 2.75) is 46.1 Å². The summed E-state index contributed by atoms with van der Waals surface area (Å²) in [5.41, 5.74) is 0.856. The molecule has 29 heavy (non-hydrogen) atoms. The van der Waals surface area contributed by atoms with Gasteiger partial charge in [-0.3, -0.25) is 10.1 Å². The zero-order chi connectivity index (χ0) is 21.2. The van der Waals surface area contributed by atoms with Gasteiger partial charge in [-0.2, -0.15) is 0 Å². The summed E-state index contributed by atoms with van der Waals surface area (Å²) in [5, 5.41) is 17.6. The van der Waals surface area contributed by atoms with E-state index >= 15 is 0 Å². The van der Waals surface area contributed by atoms with Crippen molar-refractivity contribution in [3.05, 3.63) is 24.3 Å². The molecule has 158 valence electrons. The summed E-state index contributed by atoms with van der Waals surface area (Å²) in [6.07, 6.45) is 2.63. The largest absolute Gasteiger partial charge is 0.497 e. The number of unbranched alkanes of at least 4 members (excludes halogenated alkanes) is 1. The number of methoxy groups -OCH3 is 1. The Labute approximate surface area is 175 Å². The van der Waals surface area contributed by atoms with Gasteiger partial charge in [0, 0.05) is 12.1 Å². The molecular formula is C20H29N5O3S. The summed E-state index contributed by atoms with van der Waals surface area (Å²) >= 11 is 1.27. The molecule has 0 aliphatic carbocycles. The smallest absolute Gasteiger partial charge is 0.315 e. The Balaban J connectivity index is 2.05. The topological polar surface area (TPSA) is 105 Å². The van der Waals surface area contributed by atoms with E-state index in [0.717, 1.165) is 30.6 Å². The molecule has 2 aromatic rings. The number of anilines is 1. The first-order valence-electron chi connectivity index (χ1n) is 9.81. The van der Waals surface area contributed by atoms with E-state index in [1.165, 1.54) is 11.3 Å². The van der Waals surface area contributed by atoms with E-state index in [2.05, 4.69) is 33.1 Å². The minimum absolute atomic E-state index is 0.0299. The van der Waals surface area contributed by atoms with Gasteiger partial charge < -0.3 is 15.4 Å². The maximum Gasteiger partial charge on any atom is 0.315 e. The maximum atomic E-state index is 12.8. The minimum atomic E-state index is -0.661. The van der Waals surface area contributed by atoms with Crippen LogP contribution in [0.15, 0.2) is 24.3 Å². The first-order valence-corrected chi connectivity index (χ1v) is 10.6. The summed E-state index contributed by atoms with van der Waals surface area (Å²) in [6.45, 7) is 6.54. The summed E-state index contributed by atoms with van der Waals surface area (Å²) in [5.74, 6) is 0.384. The number of carbonyl (C=O) groups is 2. The normalized spacial score (nSPS) is 12.7. The van der Waals surface area contributed by atoms with Gasteiger partial charge in [0.05, 0.1) is 7.11 Å². The number of amides is 3. The Kier molecular flexibility index (Phi) is 8.85. The second-order valence-corrected chi connectivity index (χ2v) is 7.73. The summed E-state index contributed by atoms with van der Waals surface area (Å²) in [4.78, 5) is 24.9. The van der Waals surface area contributed by atoms with Crippen LogP contribution in [0.1, 0.15) is 40.0 Å². The number of hydrogen-bond acceptors (Lipinski definition) is 6. The van der Waals surface area contributed by atoms with E-state index in [4.69, 9.17) is 4.74 Å². The molecule has 2 rings (SSSR count). The van der Waals surface area contributed by atoms with E-state index in [0.29, 0.717) is 16.7 Å². The second-order valence-electron chi connectivity index (χ2n) is 6.75. The lowest BCUT2D eigenvalue weighted by Gasteiger charge is -2.23. The van der Waals surface area contributed by atoms with Crippen molar-refractivity contribution < 1.29 is 14.3 Å². The summed E-state index contributed by atoms with van der Waals surface area (Å²) in [6, 6.07) is 6.48. The van der Waals surface area contributed by atoms with Crippen LogP contribution in [0.5, 0.6) is 5.75 Å². The lowest BCUT2D eigenvalue weighted by atomic mass is 9.98. The highest BCUT2D eigenvalue weighted by Crippen LogP contribution is 2.29. The first kappa shape index (κ1) is 22.6. The Morgan fingerprint density at radius 2 is 2.03 bits per heavy atom. The molecule has 8 nitrogen and oxygen atoms in total. The number of urea groups is 1. The number of hydrogen-bond donors (Lipinski definition) is 3. The quantitative estimate of drug-likeness (QED) is 0.510. The van der Waals surface area contributed by atoms with Crippen molar-refractivity contribution in [1.82, 2.24) is 20.8 Å². The number of nitrogens with one attached hydrogen (secondary N) is 3. The number of nitrogens with zero attached hydrogens (tertiary/aromatic N) is 2. The SMILES string of the molecule is CCCCNC(=O)NC(C(=O)Nc1nnc(-c2cccc(OC)c2)s1)C(C)CC. The van der Waals surface area contributed by atoms with Crippen LogP contribution in [0.3, 0.4) is 0 Å². The van der Waals surface area contributed by atoms with Gasteiger partial charge >= 0.3 is 6.03 Å². The molecular weight excluding hydrogens is 390 g/mol. The average molecular weight is 420 g/mol. The third-order valence-electron chi connectivity index (χ3n) is 4.57. The van der Waals surface area contributed by atoms with Gasteiger partial charge in [0.25, 0.3) is 0 Å². The zero-order valence-corrected chi connectivity index (χ0v) is 18.1. The van der Waals surface area contributed by atoms with Gasteiger partial charge in [-0.15, -0.1) is 10.2 Å². The molecule has 2 unspecified atom stereocenters. The van der Waals surface area contributed by atoms with Crippen LogP contribution in [0.25, 0.3) is 10.6 Å². The number of benzene rings is 1. The van der Waals surface area contributed by atoms with Gasteiger partial charge in [0.15, 0.2) is 0 Å². The molecule has 0 bridgehead atoms. The van der Waals surface area contributed by atoms with Crippen LogP contribution < -0.4 is 20.7 Å². The van der Waals surface area contributed by atoms with Crippen molar-refractivity contribution in [2.75, 3.05) is 19.0 Å². The van der Waals surface area contributed by atoms with Crippen molar-refractivity contribution >= 4 is 28.4 Å². The number of ether oxygens (including phenoxy) is 1. The van der Waals surface area contributed by atoms with Gasteiger partial charge in [-0.05, 0) is 24.5 Å². The van der Waals surface area contributed by atoms with Crippen LogP contribution in [0, 0.1) is 5.92 Å². The van der Waals surface area contributed by atoms with Crippen LogP contribution in [0.4, 0.5) is 9.93 Å². The van der Waals surface area contributed by atoms with Crippen molar-refractivity contribution in [1.29, 1.82) is 0 Å². The molecule has 2 atom stereocenters. The number of aromatic nitrogens is 2. The summed E-state index contributed by atoms with van der Waals surface area (Å²) < 4.78 is 5.23. The molecule has 1 heterocycles. The molecule has 0 fully saturated rings. The monoisotopic (exact) mass is 419 g/mol. The molecule has 0 aliphatic rings. The second kappa shape index (κ2) is 11.4. The van der Waals surface area contributed by atoms with Gasteiger partial charge in [0.1, 0.15) is 16.8 Å².